The minimum Gasteiger partial charge on any atom is -0.366 e. The molecule has 0 heterocycles. The Morgan fingerprint density at radius 2 is 2.13 bits per heavy atom. The van der Waals surface area contributed by atoms with Crippen LogP contribution in [0, 0.1) is 0 Å². The second-order valence-corrected chi connectivity index (χ2v) is 4.03. The average Bonchev–Trinajstić information content (AvgIpc) is 2.27. The van der Waals surface area contributed by atoms with Crippen molar-refractivity contribution in [3.8, 4) is 0 Å². The number of hydrogen-bond donors (Lipinski definition) is 1. The van der Waals surface area contributed by atoms with E-state index in [-0.39, 0.29) is 11.8 Å². The van der Waals surface area contributed by atoms with E-state index < -0.39 is 0 Å². The molecule has 0 saturated carbocycles. The van der Waals surface area contributed by atoms with Gasteiger partial charge in [0.05, 0.1) is 0 Å². The number of aryl methyl sites for hydroxylation is 1. The van der Waals surface area contributed by atoms with Gasteiger partial charge in [-0.05, 0) is 30.4 Å². The van der Waals surface area contributed by atoms with Crippen molar-refractivity contribution in [1.82, 2.24) is 0 Å². The van der Waals surface area contributed by atoms with Crippen LogP contribution in [0.3, 0.4) is 0 Å². The number of benzene rings is 1. The van der Waals surface area contributed by atoms with Crippen molar-refractivity contribution in [2.45, 2.75) is 25.2 Å². The number of hydrogen-bond acceptors (Lipinski definition) is 1. The Bertz CT molecular complexity index is 409. The van der Waals surface area contributed by atoms with Crippen molar-refractivity contribution in [2.75, 3.05) is 0 Å². The lowest BCUT2D eigenvalue weighted by molar-refractivity contribution is -0.114. The van der Waals surface area contributed by atoms with Gasteiger partial charge in [-0.25, -0.2) is 0 Å². The number of primary amides is 1. The molecular weight excluding hydrogens is 186 g/mol. The molecule has 1 aromatic rings. The molecule has 0 aliphatic heterocycles. The minimum absolute atomic E-state index is 0.132. The van der Waals surface area contributed by atoms with Gasteiger partial charge in [0.15, 0.2) is 0 Å². The summed E-state index contributed by atoms with van der Waals surface area (Å²) in [4.78, 5) is 11.1. The molecule has 78 valence electrons. The fourth-order valence-electron chi connectivity index (χ4n) is 2.29. The quantitative estimate of drug-likeness (QED) is 0.732. The molecule has 1 amide bonds. The van der Waals surface area contributed by atoms with Crippen LogP contribution in [-0.2, 0) is 11.2 Å². The van der Waals surface area contributed by atoms with Gasteiger partial charge in [0.2, 0.25) is 5.91 Å². The van der Waals surface area contributed by atoms with Crippen molar-refractivity contribution in [3.63, 3.8) is 0 Å². The number of rotatable bonds is 2. The Morgan fingerprint density at radius 3 is 2.87 bits per heavy atom. The Balaban J connectivity index is 2.38. The Kier molecular flexibility index (Phi) is 2.58. The zero-order valence-corrected chi connectivity index (χ0v) is 8.70. The number of nitrogens with two attached hydrogens (primary N) is 1. The van der Waals surface area contributed by atoms with Crippen LogP contribution in [0.2, 0.25) is 0 Å². The molecule has 1 aliphatic carbocycles. The summed E-state index contributed by atoms with van der Waals surface area (Å²) in [5, 5.41) is 0. The molecule has 1 aliphatic rings. The second kappa shape index (κ2) is 3.89. The van der Waals surface area contributed by atoms with Gasteiger partial charge >= 0.3 is 0 Å². The van der Waals surface area contributed by atoms with E-state index in [1.165, 1.54) is 11.1 Å². The zero-order chi connectivity index (χ0) is 10.8. The standard InChI is InChI=1S/C13H15NO/c1-9(13(14)15)11-8-4-6-10-5-2-3-7-12(10)11/h2-3,5,7,11H,1,4,6,8H2,(H2,14,15). The predicted molar refractivity (Wildman–Crippen MR) is 60.5 cm³/mol. The van der Waals surface area contributed by atoms with E-state index in [4.69, 9.17) is 5.73 Å². The first-order chi connectivity index (χ1) is 7.20. The van der Waals surface area contributed by atoms with Gasteiger partial charge in [-0.1, -0.05) is 30.8 Å². The highest BCUT2D eigenvalue weighted by molar-refractivity contribution is 5.93. The van der Waals surface area contributed by atoms with E-state index in [1.54, 1.807) is 0 Å². The highest BCUT2D eigenvalue weighted by atomic mass is 16.1. The first-order valence-electron chi connectivity index (χ1n) is 5.26. The molecule has 0 fully saturated rings. The summed E-state index contributed by atoms with van der Waals surface area (Å²) in [7, 11) is 0. The first kappa shape index (κ1) is 9.97. The number of fused-ring (bicyclic) bond motifs is 1. The summed E-state index contributed by atoms with van der Waals surface area (Å²) in [5.41, 5.74) is 8.39. The largest absolute Gasteiger partial charge is 0.366 e. The van der Waals surface area contributed by atoms with Gasteiger partial charge in [-0.15, -0.1) is 0 Å². The molecule has 2 rings (SSSR count). The van der Waals surface area contributed by atoms with Crippen molar-refractivity contribution >= 4 is 5.91 Å². The van der Waals surface area contributed by atoms with Crippen molar-refractivity contribution in [2.24, 2.45) is 5.73 Å². The SMILES string of the molecule is C=C(C(N)=O)C1CCCc2ccccc21. The maximum atomic E-state index is 11.1. The van der Waals surface area contributed by atoms with Crippen molar-refractivity contribution in [1.29, 1.82) is 0 Å². The molecule has 0 radical (unpaired) electrons. The first-order valence-corrected chi connectivity index (χ1v) is 5.26. The maximum absolute atomic E-state index is 11.1. The lowest BCUT2D eigenvalue weighted by atomic mass is 9.79. The van der Waals surface area contributed by atoms with Crippen LogP contribution in [0.1, 0.15) is 29.9 Å². The van der Waals surface area contributed by atoms with E-state index in [2.05, 4.69) is 18.7 Å². The second-order valence-electron chi connectivity index (χ2n) is 4.03. The summed E-state index contributed by atoms with van der Waals surface area (Å²) in [6.07, 6.45) is 3.19. The van der Waals surface area contributed by atoms with Crippen LogP contribution in [0.4, 0.5) is 0 Å². The molecule has 0 aromatic heterocycles. The Hall–Kier alpha value is -1.57. The summed E-state index contributed by atoms with van der Waals surface area (Å²) in [6, 6.07) is 8.24. The Morgan fingerprint density at radius 1 is 1.40 bits per heavy atom. The fourth-order valence-corrected chi connectivity index (χ4v) is 2.29. The summed E-state index contributed by atoms with van der Waals surface area (Å²) in [6.45, 7) is 3.80. The summed E-state index contributed by atoms with van der Waals surface area (Å²) < 4.78 is 0. The summed E-state index contributed by atoms with van der Waals surface area (Å²) in [5.74, 6) is -0.246. The smallest absolute Gasteiger partial charge is 0.244 e. The molecule has 1 aromatic carbocycles. The molecule has 0 spiro atoms. The molecule has 2 N–H and O–H groups in total. The molecule has 0 saturated heterocycles. The van der Waals surface area contributed by atoms with Gasteiger partial charge in [0, 0.05) is 11.5 Å². The van der Waals surface area contributed by atoms with Crippen molar-refractivity contribution < 1.29 is 4.79 Å². The van der Waals surface area contributed by atoms with Gasteiger partial charge in [-0.2, -0.15) is 0 Å². The molecule has 1 unspecified atom stereocenters. The van der Waals surface area contributed by atoms with Gasteiger partial charge in [-0.3, -0.25) is 4.79 Å². The van der Waals surface area contributed by atoms with E-state index in [0.717, 1.165) is 19.3 Å². The van der Waals surface area contributed by atoms with Gasteiger partial charge in [0.25, 0.3) is 0 Å². The zero-order valence-electron chi connectivity index (χ0n) is 8.70. The lowest BCUT2D eigenvalue weighted by Crippen LogP contribution is -2.21. The van der Waals surface area contributed by atoms with E-state index in [0.29, 0.717) is 5.57 Å². The third-order valence-corrected chi connectivity index (χ3v) is 3.11. The topological polar surface area (TPSA) is 43.1 Å². The number of amides is 1. The third kappa shape index (κ3) is 1.80. The van der Waals surface area contributed by atoms with Crippen LogP contribution >= 0.6 is 0 Å². The van der Waals surface area contributed by atoms with Crippen LogP contribution in [0.15, 0.2) is 36.4 Å². The van der Waals surface area contributed by atoms with E-state index >= 15 is 0 Å². The van der Waals surface area contributed by atoms with E-state index in [9.17, 15) is 4.79 Å². The van der Waals surface area contributed by atoms with Gasteiger partial charge in [0.1, 0.15) is 0 Å². The van der Waals surface area contributed by atoms with Crippen LogP contribution < -0.4 is 5.73 Å². The number of carbonyl (C=O) groups excluding carboxylic acids is 1. The Labute approximate surface area is 89.8 Å². The lowest BCUT2D eigenvalue weighted by Gasteiger charge is -2.25. The van der Waals surface area contributed by atoms with Crippen molar-refractivity contribution in [3.05, 3.63) is 47.5 Å². The minimum atomic E-state index is -0.378. The predicted octanol–water partition coefficient (Wildman–Crippen LogP) is 2.15. The van der Waals surface area contributed by atoms with Gasteiger partial charge < -0.3 is 5.73 Å². The molecule has 2 heteroatoms. The third-order valence-electron chi connectivity index (χ3n) is 3.11. The summed E-state index contributed by atoms with van der Waals surface area (Å²) >= 11 is 0. The average molecular weight is 201 g/mol. The molecule has 0 bridgehead atoms. The highest BCUT2D eigenvalue weighted by Gasteiger charge is 2.24. The molecule has 15 heavy (non-hydrogen) atoms. The normalized spacial score (nSPS) is 19.3. The molecular formula is C13H15NO. The highest BCUT2D eigenvalue weighted by Crippen LogP contribution is 2.35. The van der Waals surface area contributed by atoms with E-state index in [1.807, 2.05) is 12.1 Å². The van der Waals surface area contributed by atoms with Crippen LogP contribution in [0.25, 0.3) is 0 Å². The molecule has 1 atom stereocenters. The van der Waals surface area contributed by atoms with Crippen LogP contribution in [0.5, 0.6) is 0 Å². The van der Waals surface area contributed by atoms with Crippen LogP contribution in [-0.4, -0.2) is 5.91 Å². The maximum Gasteiger partial charge on any atom is 0.244 e. The number of carbonyl (C=O) groups is 1. The molecule has 2 nitrogen and oxygen atoms in total. The monoisotopic (exact) mass is 201 g/mol. The fraction of sp³-hybridized carbons (Fsp3) is 0.308.